The molecule has 0 aromatic heterocycles. The minimum absolute atomic E-state index is 0.190. The third kappa shape index (κ3) is 3.30. The highest BCUT2D eigenvalue weighted by atomic mass is 17.2. The minimum atomic E-state index is -0.473. The van der Waals surface area contributed by atoms with Crippen LogP contribution in [0, 0.1) is 34.5 Å². The van der Waals surface area contributed by atoms with Crippen molar-refractivity contribution in [2.75, 3.05) is 0 Å². The Morgan fingerprint density at radius 2 is 1.03 bits per heavy atom. The van der Waals surface area contributed by atoms with E-state index in [2.05, 4.69) is 0 Å². The van der Waals surface area contributed by atoms with E-state index >= 15 is 0 Å². The van der Waals surface area contributed by atoms with E-state index in [4.69, 9.17) is 14.5 Å². The van der Waals surface area contributed by atoms with Gasteiger partial charge in [0, 0.05) is 11.8 Å². The van der Waals surface area contributed by atoms with Gasteiger partial charge in [-0.2, -0.15) is 0 Å². The lowest BCUT2D eigenvalue weighted by Gasteiger charge is -2.64. The van der Waals surface area contributed by atoms with Gasteiger partial charge in [-0.05, 0) is 119 Å². The Bertz CT molecular complexity index is 695. The van der Waals surface area contributed by atoms with Crippen LogP contribution in [0.3, 0.4) is 0 Å². The van der Waals surface area contributed by atoms with E-state index in [0.717, 1.165) is 30.1 Å². The van der Waals surface area contributed by atoms with E-state index in [1.54, 1.807) is 0 Å². The molecule has 0 N–H and O–H groups in total. The summed E-state index contributed by atoms with van der Waals surface area (Å²) in [5, 5.41) is 0. The van der Waals surface area contributed by atoms with Crippen LogP contribution < -0.4 is 0 Å². The average molecular weight is 457 g/mol. The van der Waals surface area contributed by atoms with Crippen LogP contribution >= 0.6 is 0 Å². The normalized spacial score (nSPS) is 43.6. The molecule has 186 valence electrons. The van der Waals surface area contributed by atoms with Crippen molar-refractivity contribution in [3.63, 3.8) is 0 Å². The molecular formula is C30H48O3. The molecular weight excluding hydrogens is 408 g/mol. The van der Waals surface area contributed by atoms with Crippen molar-refractivity contribution in [2.24, 2.45) is 34.5 Å². The molecule has 3 nitrogen and oxygen atoms in total. The maximum absolute atomic E-state index is 7.32. The fourth-order valence-electron chi connectivity index (χ4n) is 10.1. The van der Waals surface area contributed by atoms with E-state index < -0.39 is 5.79 Å². The lowest BCUT2D eigenvalue weighted by molar-refractivity contribution is -0.492. The van der Waals surface area contributed by atoms with Crippen molar-refractivity contribution >= 4 is 0 Å². The Hall–Kier alpha value is -0.120. The summed E-state index contributed by atoms with van der Waals surface area (Å²) >= 11 is 0. The molecule has 7 fully saturated rings. The SMILES string of the molecule is C1CCC(C2(C3CCCC3)C(OOC3CCC3)(OC3CC3)CCC2(C2CCC2)C2CC2)CC1. The first-order chi connectivity index (χ1) is 16.3. The minimum Gasteiger partial charge on any atom is -0.343 e. The second kappa shape index (κ2) is 8.48. The van der Waals surface area contributed by atoms with Gasteiger partial charge >= 0.3 is 0 Å². The summed E-state index contributed by atoms with van der Waals surface area (Å²) in [6.45, 7) is 0. The Morgan fingerprint density at radius 1 is 0.455 bits per heavy atom. The van der Waals surface area contributed by atoms with Gasteiger partial charge in [-0.25, -0.2) is 9.78 Å². The van der Waals surface area contributed by atoms with Crippen molar-refractivity contribution in [1.82, 2.24) is 0 Å². The Morgan fingerprint density at radius 3 is 1.55 bits per heavy atom. The van der Waals surface area contributed by atoms with E-state index in [9.17, 15) is 0 Å². The van der Waals surface area contributed by atoms with E-state index in [1.807, 2.05) is 0 Å². The zero-order valence-corrected chi connectivity index (χ0v) is 21.0. The van der Waals surface area contributed by atoms with Crippen LogP contribution in [-0.2, 0) is 14.5 Å². The molecule has 7 aliphatic rings. The summed E-state index contributed by atoms with van der Waals surface area (Å²) in [5.74, 6) is 2.94. The van der Waals surface area contributed by atoms with Gasteiger partial charge in [-0.15, -0.1) is 0 Å². The fourth-order valence-corrected chi connectivity index (χ4v) is 10.1. The molecule has 0 aliphatic heterocycles. The van der Waals surface area contributed by atoms with Crippen LogP contribution in [0.1, 0.15) is 135 Å². The first-order valence-corrected chi connectivity index (χ1v) is 15.3. The van der Waals surface area contributed by atoms with E-state index in [1.165, 1.54) is 128 Å². The van der Waals surface area contributed by atoms with Crippen LogP contribution in [0.4, 0.5) is 0 Å². The monoisotopic (exact) mass is 456 g/mol. The molecule has 33 heavy (non-hydrogen) atoms. The van der Waals surface area contributed by atoms with Crippen molar-refractivity contribution in [1.29, 1.82) is 0 Å². The molecule has 0 radical (unpaired) electrons. The number of ether oxygens (including phenoxy) is 1. The van der Waals surface area contributed by atoms with Gasteiger partial charge in [-0.3, -0.25) is 0 Å². The molecule has 0 heterocycles. The summed E-state index contributed by atoms with van der Waals surface area (Å²) in [4.78, 5) is 13.4. The first-order valence-electron chi connectivity index (χ1n) is 15.3. The maximum atomic E-state index is 7.32. The van der Waals surface area contributed by atoms with Crippen molar-refractivity contribution < 1.29 is 14.5 Å². The highest BCUT2D eigenvalue weighted by molar-refractivity contribution is 5.23. The smallest absolute Gasteiger partial charge is 0.208 e. The zero-order valence-electron chi connectivity index (χ0n) is 21.0. The van der Waals surface area contributed by atoms with Crippen LogP contribution in [0.5, 0.6) is 0 Å². The van der Waals surface area contributed by atoms with E-state index in [-0.39, 0.29) is 5.41 Å². The highest BCUT2D eigenvalue weighted by Crippen LogP contribution is 2.80. The highest BCUT2D eigenvalue weighted by Gasteiger charge is 2.79. The molecule has 7 aliphatic carbocycles. The van der Waals surface area contributed by atoms with Crippen molar-refractivity contribution in [2.45, 2.75) is 153 Å². The van der Waals surface area contributed by atoms with Crippen LogP contribution in [-0.4, -0.2) is 18.0 Å². The summed E-state index contributed by atoms with van der Waals surface area (Å²) < 4.78 is 7.32. The molecule has 0 saturated heterocycles. The number of hydrogen-bond acceptors (Lipinski definition) is 3. The molecule has 3 atom stereocenters. The molecule has 0 amide bonds. The molecule has 0 bridgehead atoms. The van der Waals surface area contributed by atoms with Gasteiger partial charge in [0.2, 0.25) is 5.79 Å². The van der Waals surface area contributed by atoms with E-state index in [0.29, 0.717) is 17.6 Å². The molecule has 3 unspecified atom stereocenters. The van der Waals surface area contributed by atoms with Gasteiger partial charge in [0.1, 0.15) is 0 Å². The standard InChI is InChI=1S/C30H48O3/c1-2-8-24(9-3-1)30(25-10-4-5-11-25)28(23-16-17-23,22-12-6-13-22)20-21-29(30,31-26-18-19-26)33-32-27-14-7-15-27/h22-27H,1-21H2. The fraction of sp³-hybridized carbons (Fsp3) is 1.00. The van der Waals surface area contributed by atoms with Gasteiger partial charge in [0.15, 0.2) is 0 Å². The summed E-state index contributed by atoms with van der Waals surface area (Å²) in [6.07, 6.45) is 29.5. The zero-order chi connectivity index (χ0) is 21.9. The predicted molar refractivity (Wildman–Crippen MR) is 129 cm³/mol. The second-order valence-electron chi connectivity index (χ2n) is 13.4. The molecule has 0 spiro atoms. The molecule has 3 heteroatoms. The van der Waals surface area contributed by atoms with Crippen LogP contribution in [0.15, 0.2) is 0 Å². The van der Waals surface area contributed by atoms with Crippen LogP contribution in [0.2, 0.25) is 0 Å². The Labute approximate surface area is 202 Å². The van der Waals surface area contributed by atoms with Crippen LogP contribution in [0.25, 0.3) is 0 Å². The predicted octanol–water partition coefficient (Wildman–Crippen LogP) is 8.11. The molecule has 0 aromatic rings. The number of hydrogen-bond donors (Lipinski definition) is 0. The van der Waals surface area contributed by atoms with Gasteiger partial charge < -0.3 is 4.74 Å². The summed E-state index contributed by atoms with van der Waals surface area (Å²) in [5.41, 5.74) is 0.648. The quantitative estimate of drug-likeness (QED) is 0.199. The Kier molecular flexibility index (Phi) is 5.68. The molecule has 7 saturated carbocycles. The molecule has 0 aromatic carbocycles. The van der Waals surface area contributed by atoms with Crippen molar-refractivity contribution in [3.8, 4) is 0 Å². The largest absolute Gasteiger partial charge is 0.343 e. The third-order valence-electron chi connectivity index (χ3n) is 11.9. The van der Waals surface area contributed by atoms with Gasteiger partial charge in [-0.1, -0.05) is 38.5 Å². The second-order valence-corrected chi connectivity index (χ2v) is 13.4. The Balaban J connectivity index is 1.38. The van der Waals surface area contributed by atoms with Gasteiger partial charge in [0.05, 0.1) is 12.2 Å². The topological polar surface area (TPSA) is 27.7 Å². The van der Waals surface area contributed by atoms with Crippen molar-refractivity contribution in [3.05, 3.63) is 0 Å². The maximum Gasteiger partial charge on any atom is 0.208 e. The third-order valence-corrected chi connectivity index (χ3v) is 11.9. The lowest BCUT2D eigenvalue weighted by Crippen LogP contribution is -2.66. The summed E-state index contributed by atoms with van der Waals surface area (Å²) in [7, 11) is 0. The lowest BCUT2D eigenvalue weighted by atomic mass is 9.42. The average Bonchev–Trinajstić information content (AvgIpc) is 3.69. The summed E-state index contributed by atoms with van der Waals surface area (Å²) in [6, 6.07) is 0. The van der Waals surface area contributed by atoms with Gasteiger partial charge in [0.25, 0.3) is 0 Å². The first kappa shape index (κ1) is 22.1. The molecule has 7 rings (SSSR count). The number of rotatable bonds is 9.